The molecule has 0 spiro atoms. The number of aromatic nitrogens is 7. The Morgan fingerprint density at radius 2 is 1.16 bits per heavy atom. The van der Waals surface area contributed by atoms with Crippen molar-refractivity contribution in [2.24, 2.45) is 0 Å². The van der Waals surface area contributed by atoms with E-state index in [1.54, 1.807) is 24.8 Å². The largest absolute Gasteiger partial charge is 0.459 e. The molecule has 10 aromatic rings. The van der Waals surface area contributed by atoms with E-state index in [4.69, 9.17) is 8.83 Å². The number of rotatable bonds is 10. The van der Waals surface area contributed by atoms with Gasteiger partial charge in [0, 0.05) is 64.6 Å². The highest BCUT2D eigenvalue weighted by Gasteiger charge is 2.16. The second-order valence-corrected chi connectivity index (χ2v) is 13.3. The second-order valence-electron chi connectivity index (χ2n) is 13.3. The first-order valence-electron chi connectivity index (χ1n) is 17.9. The second kappa shape index (κ2) is 13.8. The zero-order chi connectivity index (χ0) is 36.6. The molecule has 0 aliphatic carbocycles. The summed E-state index contributed by atoms with van der Waals surface area (Å²) in [6.45, 7) is 0.451. The quantitative estimate of drug-likeness (QED) is 0.140. The molecular formula is C44H31N9O2. The van der Waals surface area contributed by atoms with Gasteiger partial charge in [0.1, 0.15) is 16.9 Å². The Morgan fingerprint density at radius 3 is 1.93 bits per heavy atom. The third-order valence-corrected chi connectivity index (χ3v) is 9.72. The number of hydrogen-bond donors (Lipinski definition) is 2. The molecule has 4 aromatic carbocycles. The van der Waals surface area contributed by atoms with Crippen LogP contribution in [0.25, 0.3) is 54.7 Å². The SMILES string of the molecule is c1ccc2oc(Nc3nnc(Cc4ccncc4)c4ccc(-c5ccc6cc(CNc7nnc(Cc8ccncc8)c8ccccc78)oc6c5)cc34)nc2c1. The van der Waals surface area contributed by atoms with Crippen LogP contribution in [0, 0.1) is 0 Å². The lowest BCUT2D eigenvalue weighted by Gasteiger charge is -2.11. The number of fused-ring (bicyclic) bond motifs is 4. The molecule has 0 bridgehead atoms. The van der Waals surface area contributed by atoms with E-state index in [0.29, 0.717) is 42.6 Å². The number of nitrogens with zero attached hydrogens (tertiary/aromatic N) is 7. The molecule has 10 rings (SSSR count). The molecule has 6 heterocycles. The molecule has 6 aromatic heterocycles. The standard InChI is InChI=1S/C44H31N9O2/c1-2-6-35-33(5-1)38(21-27-13-17-45-18-14-27)50-52-42(35)47-26-32-23-31-10-9-30(25-41(31)54-32)29-11-12-34-36(24-29)43(49-44-48-37-7-3-4-8-40(37)55-44)53-51-39(34)22-28-15-19-46-20-16-28/h1-20,23-25H,21-22,26H2,(H,47,52)(H,48,49,53). The van der Waals surface area contributed by atoms with E-state index < -0.39 is 0 Å². The third-order valence-electron chi connectivity index (χ3n) is 9.72. The summed E-state index contributed by atoms with van der Waals surface area (Å²) in [5.74, 6) is 2.05. The van der Waals surface area contributed by atoms with Gasteiger partial charge in [-0.25, -0.2) is 0 Å². The monoisotopic (exact) mass is 717 g/mol. The van der Waals surface area contributed by atoms with Gasteiger partial charge in [-0.05, 0) is 76.9 Å². The molecule has 0 unspecified atom stereocenters. The molecule has 0 aliphatic rings. The first-order valence-corrected chi connectivity index (χ1v) is 17.9. The topological polar surface area (TPSA) is 141 Å². The van der Waals surface area contributed by atoms with Crippen molar-refractivity contribution in [3.8, 4) is 11.1 Å². The minimum Gasteiger partial charge on any atom is -0.459 e. The number of oxazole rings is 1. The van der Waals surface area contributed by atoms with Gasteiger partial charge in [0.25, 0.3) is 0 Å². The molecule has 0 saturated carbocycles. The average Bonchev–Trinajstić information content (AvgIpc) is 3.85. The Morgan fingerprint density at radius 1 is 0.509 bits per heavy atom. The number of nitrogens with one attached hydrogen (secondary N) is 2. The predicted molar refractivity (Wildman–Crippen MR) is 213 cm³/mol. The van der Waals surface area contributed by atoms with Crippen LogP contribution in [-0.4, -0.2) is 35.3 Å². The molecule has 11 nitrogen and oxygen atoms in total. The molecule has 11 heteroatoms. The summed E-state index contributed by atoms with van der Waals surface area (Å²) in [4.78, 5) is 12.9. The molecule has 264 valence electrons. The molecule has 0 atom stereocenters. The van der Waals surface area contributed by atoms with Crippen molar-refractivity contribution in [2.75, 3.05) is 10.6 Å². The van der Waals surface area contributed by atoms with E-state index in [-0.39, 0.29) is 0 Å². The van der Waals surface area contributed by atoms with E-state index in [2.05, 4.69) is 101 Å². The van der Waals surface area contributed by atoms with Crippen molar-refractivity contribution in [1.29, 1.82) is 0 Å². The van der Waals surface area contributed by atoms with E-state index in [0.717, 1.165) is 77.4 Å². The van der Waals surface area contributed by atoms with Gasteiger partial charge in [-0.1, -0.05) is 60.7 Å². The summed E-state index contributed by atoms with van der Waals surface area (Å²) >= 11 is 0. The Labute approximate surface area is 314 Å². The molecule has 0 radical (unpaired) electrons. The highest BCUT2D eigenvalue weighted by molar-refractivity contribution is 5.98. The van der Waals surface area contributed by atoms with Crippen molar-refractivity contribution >= 4 is 61.3 Å². The van der Waals surface area contributed by atoms with Crippen LogP contribution in [0.3, 0.4) is 0 Å². The fourth-order valence-electron chi connectivity index (χ4n) is 6.97. The predicted octanol–water partition coefficient (Wildman–Crippen LogP) is 9.45. The molecule has 0 fully saturated rings. The maximum atomic E-state index is 6.39. The van der Waals surface area contributed by atoms with Crippen LogP contribution in [0.15, 0.2) is 149 Å². The van der Waals surface area contributed by atoms with Gasteiger partial charge in [-0.2, -0.15) is 15.2 Å². The first kappa shape index (κ1) is 32.1. The zero-order valence-electron chi connectivity index (χ0n) is 29.3. The van der Waals surface area contributed by atoms with Gasteiger partial charge in [0.15, 0.2) is 17.2 Å². The number of pyridine rings is 2. The Balaban J connectivity index is 0.947. The van der Waals surface area contributed by atoms with Crippen LogP contribution in [0.2, 0.25) is 0 Å². The summed E-state index contributed by atoms with van der Waals surface area (Å²) in [5, 5.41) is 30.2. The highest BCUT2D eigenvalue weighted by atomic mass is 16.4. The van der Waals surface area contributed by atoms with Crippen molar-refractivity contribution in [3.63, 3.8) is 0 Å². The number of hydrogen-bond acceptors (Lipinski definition) is 11. The zero-order valence-corrected chi connectivity index (χ0v) is 29.3. The van der Waals surface area contributed by atoms with Gasteiger partial charge in [-0.15, -0.1) is 10.2 Å². The fraction of sp³-hybridized carbons (Fsp3) is 0.0682. The summed E-state index contributed by atoms with van der Waals surface area (Å²) in [6.07, 6.45) is 8.46. The number of anilines is 3. The Kier molecular flexibility index (Phi) is 8.06. The van der Waals surface area contributed by atoms with Gasteiger partial charge < -0.3 is 14.2 Å². The fourth-order valence-corrected chi connectivity index (χ4v) is 6.97. The number of para-hydroxylation sites is 2. The van der Waals surface area contributed by atoms with Gasteiger partial charge in [0.2, 0.25) is 0 Å². The van der Waals surface area contributed by atoms with Crippen LogP contribution in [0.5, 0.6) is 0 Å². The maximum absolute atomic E-state index is 6.39. The lowest BCUT2D eigenvalue weighted by Crippen LogP contribution is -2.05. The number of benzene rings is 4. The molecule has 0 amide bonds. The highest BCUT2D eigenvalue weighted by Crippen LogP contribution is 2.34. The van der Waals surface area contributed by atoms with Crippen LogP contribution in [0.4, 0.5) is 17.7 Å². The van der Waals surface area contributed by atoms with E-state index in [9.17, 15) is 0 Å². The number of furan rings is 1. The van der Waals surface area contributed by atoms with Crippen LogP contribution < -0.4 is 10.6 Å². The smallest absolute Gasteiger partial charge is 0.301 e. The van der Waals surface area contributed by atoms with Crippen LogP contribution >= 0.6 is 0 Å². The molecular weight excluding hydrogens is 687 g/mol. The van der Waals surface area contributed by atoms with E-state index in [1.807, 2.05) is 60.7 Å². The summed E-state index contributed by atoms with van der Waals surface area (Å²) < 4.78 is 12.4. The summed E-state index contributed by atoms with van der Waals surface area (Å²) in [5.41, 5.74) is 8.25. The molecule has 0 saturated heterocycles. The summed E-state index contributed by atoms with van der Waals surface area (Å²) in [6, 6.07) is 38.8. The van der Waals surface area contributed by atoms with E-state index >= 15 is 0 Å². The molecule has 0 aliphatic heterocycles. The molecule has 55 heavy (non-hydrogen) atoms. The van der Waals surface area contributed by atoms with Crippen LogP contribution in [-0.2, 0) is 19.4 Å². The minimum absolute atomic E-state index is 0.349. The average molecular weight is 718 g/mol. The maximum Gasteiger partial charge on any atom is 0.301 e. The van der Waals surface area contributed by atoms with Crippen molar-refractivity contribution in [2.45, 2.75) is 19.4 Å². The Hall–Kier alpha value is -7.53. The first-order chi connectivity index (χ1) is 27.2. The summed E-state index contributed by atoms with van der Waals surface area (Å²) in [7, 11) is 0. The van der Waals surface area contributed by atoms with Crippen molar-refractivity contribution in [3.05, 3.63) is 168 Å². The Bertz CT molecular complexity index is 2950. The van der Waals surface area contributed by atoms with Crippen LogP contribution in [0.1, 0.15) is 28.3 Å². The minimum atomic E-state index is 0.349. The van der Waals surface area contributed by atoms with Gasteiger partial charge in [-0.3, -0.25) is 15.3 Å². The van der Waals surface area contributed by atoms with Gasteiger partial charge in [0.05, 0.1) is 17.9 Å². The molecule has 2 N–H and O–H groups in total. The van der Waals surface area contributed by atoms with Gasteiger partial charge >= 0.3 is 6.01 Å². The van der Waals surface area contributed by atoms with Crippen molar-refractivity contribution in [1.82, 2.24) is 35.3 Å². The lowest BCUT2D eigenvalue weighted by molar-refractivity contribution is 0.559. The van der Waals surface area contributed by atoms with Crippen molar-refractivity contribution < 1.29 is 8.83 Å². The van der Waals surface area contributed by atoms with E-state index in [1.165, 1.54) is 0 Å². The third kappa shape index (κ3) is 6.44. The normalized spacial score (nSPS) is 11.5. The lowest BCUT2D eigenvalue weighted by atomic mass is 9.99.